The molecule has 0 saturated carbocycles. The predicted molar refractivity (Wildman–Crippen MR) is 144 cm³/mol. The second kappa shape index (κ2) is 10.8. The van der Waals surface area contributed by atoms with E-state index in [1.807, 2.05) is 66.7 Å². The van der Waals surface area contributed by atoms with Crippen LogP contribution < -0.4 is 4.74 Å². The van der Waals surface area contributed by atoms with Gasteiger partial charge in [0.05, 0.1) is 17.7 Å². The number of esters is 1. The van der Waals surface area contributed by atoms with Gasteiger partial charge in [-0.2, -0.15) is 0 Å². The lowest BCUT2D eigenvalue weighted by Crippen LogP contribution is -2.03. The van der Waals surface area contributed by atoms with Crippen LogP contribution in [0.3, 0.4) is 0 Å². The quantitative estimate of drug-likeness (QED) is 0.200. The minimum Gasteiger partial charge on any atom is -0.489 e. The van der Waals surface area contributed by atoms with E-state index < -0.39 is 5.97 Å². The summed E-state index contributed by atoms with van der Waals surface area (Å²) in [5, 5.41) is 6.79. The van der Waals surface area contributed by atoms with Gasteiger partial charge in [0.25, 0.3) is 0 Å². The van der Waals surface area contributed by atoms with E-state index in [2.05, 4.69) is 17.1 Å². The molecular formula is C30H25ClN2O4. The number of hydrogen-bond donors (Lipinski definition) is 0. The van der Waals surface area contributed by atoms with Crippen molar-refractivity contribution in [1.82, 2.24) is 10.1 Å². The summed E-state index contributed by atoms with van der Waals surface area (Å²) in [7, 11) is 1.35. The van der Waals surface area contributed by atoms with Gasteiger partial charge in [-0.3, -0.25) is 0 Å². The van der Waals surface area contributed by atoms with Crippen LogP contribution in [0, 0.1) is 0 Å². The van der Waals surface area contributed by atoms with Crippen molar-refractivity contribution in [2.75, 3.05) is 7.11 Å². The van der Waals surface area contributed by atoms with E-state index in [9.17, 15) is 4.79 Å². The highest BCUT2D eigenvalue weighted by molar-refractivity contribution is 6.33. The lowest BCUT2D eigenvalue weighted by atomic mass is 10.0. The average Bonchev–Trinajstić information content (AvgIpc) is 3.33. The second-order valence-corrected chi connectivity index (χ2v) is 9.01. The molecule has 5 aromatic rings. The third kappa shape index (κ3) is 5.20. The first-order valence-electron chi connectivity index (χ1n) is 12.0. The minimum absolute atomic E-state index is 0.289. The van der Waals surface area contributed by atoms with E-state index in [-0.39, 0.29) is 5.69 Å². The zero-order valence-corrected chi connectivity index (χ0v) is 21.3. The van der Waals surface area contributed by atoms with Gasteiger partial charge in [0.15, 0.2) is 0 Å². The first-order valence-corrected chi connectivity index (χ1v) is 12.4. The van der Waals surface area contributed by atoms with E-state index in [0.29, 0.717) is 17.3 Å². The zero-order chi connectivity index (χ0) is 25.8. The summed E-state index contributed by atoms with van der Waals surface area (Å²) in [6.07, 6.45) is 3.39. The predicted octanol–water partition coefficient (Wildman–Crippen LogP) is 7.53. The number of nitrogens with zero attached hydrogens (tertiary/aromatic N) is 2. The van der Waals surface area contributed by atoms with Crippen LogP contribution >= 0.6 is 11.6 Å². The molecule has 0 spiro atoms. The van der Waals surface area contributed by atoms with Crippen molar-refractivity contribution in [3.8, 4) is 28.1 Å². The van der Waals surface area contributed by atoms with Crippen LogP contribution in [0.15, 0.2) is 83.5 Å². The van der Waals surface area contributed by atoms with Crippen LogP contribution in [0.5, 0.6) is 5.75 Å². The number of halogens is 1. The Labute approximate surface area is 219 Å². The van der Waals surface area contributed by atoms with Crippen LogP contribution in [0.2, 0.25) is 5.02 Å². The Morgan fingerprint density at radius 2 is 1.76 bits per heavy atom. The van der Waals surface area contributed by atoms with E-state index in [0.717, 1.165) is 57.4 Å². The largest absolute Gasteiger partial charge is 0.489 e. The van der Waals surface area contributed by atoms with Gasteiger partial charge in [-0.1, -0.05) is 66.1 Å². The van der Waals surface area contributed by atoms with E-state index >= 15 is 0 Å². The molecule has 0 aliphatic carbocycles. The number of pyridine rings is 1. The van der Waals surface area contributed by atoms with Crippen molar-refractivity contribution in [3.05, 3.63) is 101 Å². The number of fused-ring (bicyclic) bond motifs is 1. The van der Waals surface area contributed by atoms with Gasteiger partial charge in [0.2, 0.25) is 0 Å². The fourth-order valence-electron chi connectivity index (χ4n) is 4.22. The molecular weight excluding hydrogens is 488 g/mol. The normalized spacial score (nSPS) is 11.0. The maximum atomic E-state index is 11.8. The molecule has 5 rings (SSSR count). The highest BCUT2D eigenvalue weighted by atomic mass is 35.5. The van der Waals surface area contributed by atoms with Crippen LogP contribution in [-0.4, -0.2) is 23.2 Å². The minimum atomic E-state index is -0.450. The first kappa shape index (κ1) is 24.5. The Hall–Kier alpha value is -4.16. The molecule has 0 N–H and O–H groups in total. The first-order chi connectivity index (χ1) is 18.1. The standard InChI is InChI=1S/C30H25ClN2O4/c1-3-6-28-25(29(33-37-28)24-7-4-5-8-26(24)31)18-36-23-13-11-19(12-14-23)20-9-10-21-16-27(30(34)35-2)32-17-22(21)15-20/h4-5,7-17H,3,6,18H2,1-2H3. The lowest BCUT2D eigenvalue weighted by molar-refractivity contribution is 0.0594. The Morgan fingerprint density at radius 1 is 0.973 bits per heavy atom. The Morgan fingerprint density at radius 3 is 2.51 bits per heavy atom. The number of rotatable bonds is 8. The molecule has 2 heterocycles. The molecule has 6 nitrogen and oxygen atoms in total. The van der Waals surface area contributed by atoms with Crippen LogP contribution in [0.4, 0.5) is 0 Å². The molecule has 2 aromatic heterocycles. The van der Waals surface area contributed by atoms with Crippen LogP contribution in [0.25, 0.3) is 33.2 Å². The molecule has 0 aliphatic heterocycles. The monoisotopic (exact) mass is 512 g/mol. The number of ether oxygens (including phenoxy) is 2. The van der Waals surface area contributed by atoms with Crippen LogP contribution in [-0.2, 0) is 17.8 Å². The van der Waals surface area contributed by atoms with Gasteiger partial charge in [-0.25, -0.2) is 9.78 Å². The number of carbonyl (C=O) groups is 1. The molecule has 0 aliphatic rings. The molecule has 0 saturated heterocycles. The maximum Gasteiger partial charge on any atom is 0.356 e. The summed E-state index contributed by atoms with van der Waals surface area (Å²) >= 11 is 6.43. The number of aryl methyl sites for hydroxylation is 1. The smallest absolute Gasteiger partial charge is 0.356 e. The van der Waals surface area contributed by atoms with Gasteiger partial charge in [-0.05, 0) is 53.3 Å². The molecule has 0 unspecified atom stereocenters. The van der Waals surface area contributed by atoms with E-state index in [4.69, 9.17) is 25.6 Å². The molecule has 3 aromatic carbocycles. The molecule has 0 fully saturated rings. The molecule has 186 valence electrons. The molecule has 0 radical (unpaired) electrons. The number of aromatic nitrogens is 2. The maximum absolute atomic E-state index is 11.8. The van der Waals surface area contributed by atoms with E-state index in [1.54, 1.807) is 12.3 Å². The van der Waals surface area contributed by atoms with Crippen molar-refractivity contribution >= 4 is 28.3 Å². The summed E-state index contributed by atoms with van der Waals surface area (Å²) < 4.78 is 16.6. The van der Waals surface area contributed by atoms with Gasteiger partial charge >= 0.3 is 5.97 Å². The number of carbonyl (C=O) groups excluding carboxylic acids is 1. The van der Waals surface area contributed by atoms with Crippen molar-refractivity contribution in [2.24, 2.45) is 0 Å². The second-order valence-electron chi connectivity index (χ2n) is 8.60. The van der Waals surface area contributed by atoms with Gasteiger partial charge in [0, 0.05) is 23.6 Å². The van der Waals surface area contributed by atoms with Crippen LogP contribution in [0.1, 0.15) is 35.2 Å². The van der Waals surface area contributed by atoms with Crippen molar-refractivity contribution in [1.29, 1.82) is 0 Å². The fraction of sp³-hybridized carbons (Fsp3) is 0.167. The summed E-state index contributed by atoms with van der Waals surface area (Å²) in [5.74, 6) is 1.10. The molecule has 37 heavy (non-hydrogen) atoms. The van der Waals surface area contributed by atoms with Gasteiger partial charge < -0.3 is 14.0 Å². The number of hydrogen-bond acceptors (Lipinski definition) is 6. The number of methoxy groups -OCH3 is 1. The third-order valence-electron chi connectivity index (χ3n) is 6.16. The molecule has 0 bridgehead atoms. The molecule has 0 atom stereocenters. The van der Waals surface area contributed by atoms with Crippen molar-refractivity contribution in [2.45, 2.75) is 26.4 Å². The Balaban J connectivity index is 1.35. The summed E-state index contributed by atoms with van der Waals surface area (Å²) in [5.41, 5.74) is 4.82. The van der Waals surface area contributed by atoms with Crippen molar-refractivity contribution in [3.63, 3.8) is 0 Å². The SMILES string of the molecule is CCCc1onc(-c2ccccc2Cl)c1COc1ccc(-c2ccc3cc(C(=O)OC)ncc3c2)cc1. The summed E-state index contributed by atoms with van der Waals surface area (Å²) in [6.45, 7) is 2.42. The Kier molecular flexibility index (Phi) is 7.19. The number of benzene rings is 3. The summed E-state index contributed by atoms with van der Waals surface area (Å²) in [4.78, 5) is 16.0. The third-order valence-corrected chi connectivity index (χ3v) is 6.49. The highest BCUT2D eigenvalue weighted by Crippen LogP contribution is 2.33. The topological polar surface area (TPSA) is 74.5 Å². The van der Waals surface area contributed by atoms with E-state index in [1.165, 1.54) is 7.11 Å². The van der Waals surface area contributed by atoms with Gasteiger partial charge in [0.1, 0.15) is 29.5 Å². The van der Waals surface area contributed by atoms with Crippen molar-refractivity contribution < 1.29 is 18.8 Å². The fourth-order valence-corrected chi connectivity index (χ4v) is 4.44. The Bertz CT molecular complexity index is 1560. The zero-order valence-electron chi connectivity index (χ0n) is 20.5. The molecule has 7 heteroatoms. The average molecular weight is 513 g/mol. The lowest BCUT2D eigenvalue weighted by Gasteiger charge is -2.10. The highest BCUT2D eigenvalue weighted by Gasteiger charge is 2.19. The van der Waals surface area contributed by atoms with Gasteiger partial charge in [-0.15, -0.1) is 0 Å². The molecule has 0 amide bonds. The summed E-state index contributed by atoms with van der Waals surface area (Å²) in [6, 6.07) is 23.3.